The summed E-state index contributed by atoms with van der Waals surface area (Å²) in [6, 6.07) is 9.75. The van der Waals surface area contributed by atoms with Crippen molar-refractivity contribution in [2.75, 3.05) is 11.5 Å². The molecule has 4 N–H and O–H groups in total. The standard InChI is InChI=1S/C10H10N2S/c11-8-3-1-2-7(6-8)9-4-5-13-10(9)12/h1-6H,11-12H2. The monoisotopic (exact) mass is 190 g/mol. The average Bonchev–Trinajstić information content (AvgIpc) is 2.51. The van der Waals surface area contributed by atoms with Crippen molar-refractivity contribution >= 4 is 22.0 Å². The maximum absolute atomic E-state index is 5.80. The van der Waals surface area contributed by atoms with Crippen molar-refractivity contribution in [1.82, 2.24) is 0 Å². The van der Waals surface area contributed by atoms with E-state index in [0.717, 1.165) is 21.8 Å². The number of nitrogen functional groups attached to an aromatic ring is 2. The van der Waals surface area contributed by atoms with E-state index in [9.17, 15) is 0 Å². The van der Waals surface area contributed by atoms with Crippen molar-refractivity contribution in [3.05, 3.63) is 35.7 Å². The Morgan fingerprint density at radius 2 is 1.92 bits per heavy atom. The first-order valence-corrected chi connectivity index (χ1v) is 4.84. The Labute approximate surface area is 80.8 Å². The highest BCUT2D eigenvalue weighted by Gasteiger charge is 2.02. The molecule has 1 aromatic heterocycles. The lowest BCUT2D eigenvalue weighted by Crippen LogP contribution is -1.86. The second-order valence-corrected chi connectivity index (χ2v) is 3.77. The van der Waals surface area contributed by atoms with Gasteiger partial charge in [-0.05, 0) is 29.1 Å². The third kappa shape index (κ3) is 1.51. The molecule has 0 aliphatic rings. The number of thiophene rings is 1. The normalized spacial score (nSPS) is 10.2. The first-order chi connectivity index (χ1) is 6.27. The maximum atomic E-state index is 5.80. The Morgan fingerprint density at radius 3 is 2.54 bits per heavy atom. The highest BCUT2D eigenvalue weighted by Crippen LogP contribution is 2.30. The molecule has 0 spiro atoms. The van der Waals surface area contributed by atoms with E-state index in [2.05, 4.69) is 0 Å². The van der Waals surface area contributed by atoms with Gasteiger partial charge in [0.05, 0.1) is 5.00 Å². The molecule has 0 saturated carbocycles. The molecule has 13 heavy (non-hydrogen) atoms. The maximum Gasteiger partial charge on any atom is 0.0936 e. The molecule has 0 unspecified atom stereocenters. The lowest BCUT2D eigenvalue weighted by Gasteiger charge is -2.00. The average molecular weight is 190 g/mol. The van der Waals surface area contributed by atoms with Gasteiger partial charge in [0, 0.05) is 11.3 Å². The molecular weight excluding hydrogens is 180 g/mol. The molecule has 0 radical (unpaired) electrons. The summed E-state index contributed by atoms with van der Waals surface area (Å²) in [5, 5.41) is 2.82. The predicted molar refractivity (Wildman–Crippen MR) is 58.6 cm³/mol. The Hall–Kier alpha value is -1.48. The van der Waals surface area contributed by atoms with Gasteiger partial charge >= 0.3 is 0 Å². The topological polar surface area (TPSA) is 52.0 Å². The zero-order valence-electron chi connectivity index (χ0n) is 7.03. The second kappa shape index (κ2) is 3.11. The molecule has 0 aliphatic heterocycles. The lowest BCUT2D eigenvalue weighted by atomic mass is 10.1. The van der Waals surface area contributed by atoms with Gasteiger partial charge < -0.3 is 11.5 Å². The summed E-state index contributed by atoms with van der Waals surface area (Å²) in [6.45, 7) is 0. The summed E-state index contributed by atoms with van der Waals surface area (Å²) >= 11 is 1.54. The molecule has 0 fully saturated rings. The van der Waals surface area contributed by atoms with E-state index in [0.29, 0.717) is 0 Å². The van der Waals surface area contributed by atoms with Crippen molar-refractivity contribution in [2.24, 2.45) is 0 Å². The summed E-state index contributed by atoms with van der Waals surface area (Å²) in [5.74, 6) is 0. The van der Waals surface area contributed by atoms with Crippen molar-refractivity contribution in [3.63, 3.8) is 0 Å². The largest absolute Gasteiger partial charge is 0.399 e. The molecule has 1 heterocycles. The fraction of sp³-hybridized carbons (Fsp3) is 0. The first-order valence-electron chi connectivity index (χ1n) is 3.96. The smallest absolute Gasteiger partial charge is 0.0936 e. The highest BCUT2D eigenvalue weighted by molar-refractivity contribution is 7.14. The fourth-order valence-corrected chi connectivity index (χ4v) is 1.93. The molecule has 0 atom stereocenters. The van der Waals surface area contributed by atoms with Crippen LogP contribution in [0.2, 0.25) is 0 Å². The van der Waals surface area contributed by atoms with Gasteiger partial charge in [0.2, 0.25) is 0 Å². The number of rotatable bonds is 1. The Kier molecular flexibility index (Phi) is 1.94. The molecule has 2 aromatic rings. The molecule has 1 aromatic carbocycles. The van der Waals surface area contributed by atoms with Crippen LogP contribution in [0.5, 0.6) is 0 Å². The van der Waals surface area contributed by atoms with Gasteiger partial charge in [-0.2, -0.15) is 0 Å². The van der Waals surface area contributed by atoms with E-state index in [4.69, 9.17) is 11.5 Å². The number of hydrogen-bond acceptors (Lipinski definition) is 3. The van der Waals surface area contributed by atoms with Gasteiger partial charge in [-0.15, -0.1) is 11.3 Å². The van der Waals surface area contributed by atoms with Crippen molar-refractivity contribution in [3.8, 4) is 11.1 Å². The molecule has 0 amide bonds. The van der Waals surface area contributed by atoms with Crippen molar-refractivity contribution in [2.45, 2.75) is 0 Å². The molecule has 0 bridgehead atoms. The molecule has 0 saturated heterocycles. The number of benzene rings is 1. The highest BCUT2D eigenvalue weighted by atomic mass is 32.1. The summed E-state index contributed by atoms with van der Waals surface area (Å²) in [7, 11) is 0. The minimum absolute atomic E-state index is 0.767. The molecule has 3 heteroatoms. The molecule has 66 valence electrons. The molecular formula is C10H10N2S. The van der Waals surface area contributed by atoms with Crippen molar-refractivity contribution < 1.29 is 0 Å². The molecule has 2 rings (SSSR count). The Bertz CT molecular complexity index is 420. The fourth-order valence-electron chi connectivity index (χ4n) is 1.27. The predicted octanol–water partition coefficient (Wildman–Crippen LogP) is 2.58. The summed E-state index contributed by atoms with van der Waals surface area (Å²) in [4.78, 5) is 0. The van der Waals surface area contributed by atoms with Gasteiger partial charge in [0.25, 0.3) is 0 Å². The lowest BCUT2D eigenvalue weighted by molar-refractivity contribution is 1.66. The van der Waals surface area contributed by atoms with Crippen molar-refractivity contribution in [1.29, 1.82) is 0 Å². The van der Waals surface area contributed by atoms with Crippen LogP contribution in [0.15, 0.2) is 35.7 Å². The first kappa shape index (κ1) is 8.13. The number of hydrogen-bond donors (Lipinski definition) is 2. The van der Waals surface area contributed by atoms with Crippen LogP contribution in [0.4, 0.5) is 10.7 Å². The summed E-state index contributed by atoms with van der Waals surface area (Å²) < 4.78 is 0. The number of nitrogens with two attached hydrogens (primary N) is 2. The molecule has 0 aliphatic carbocycles. The van der Waals surface area contributed by atoms with Gasteiger partial charge in [-0.3, -0.25) is 0 Å². The zero-order valence-corrected chi connectivity index (χ0v) is 7.84. The van der Waals surface area contributed by atoms with E-state index < -0.39 is 0 Å². The minimum atomic E-state index is 0.767. The van der Waals surface area contributed by atoms with Crippen LogP contribution in [-0.2, 0) is 0 Å². The second-order valence-electron chi connectivity index (χ2n) is 2.82. The van der Waals surface area contributed by atoms with Crippen LogP contribution in [0.25, 0.3) is 11.1 Å². The van der Waals surface area contributed by atoms with Crippen LogP contribution in [0, 0.1) is 0 Å². The van der Waals surface area contributed by atoms with Gasteiger partial charge in [0.1, 0.15) is 0 Å². The van der Waals surface area contributed by atoms with Crippen LogP contribution in [0.3, 0.4) is 0 Å². The Balaban J connectivity index is 2.53. The van der Waals surface area contributed by atoms with Crippen LogP contribution < -0.4 is 11.5 Å². The van der Waals surface area contributed by atoms with E-state index in [-0.39, 0.29) is 0 Å². The Morgan fingerprint density at radius 1 is 1.08 bits per heavy atom. The molecule has 2 nitrogen and oxygen atoms in total. The third-order valence-corrected chi connectivity index (χ3v) is 2.64. The third-order valence-electron chi connectivity index (χ3n) is 1.89. The number of anilines is 2. The van der Waals surface area contributed by atoms with E-state index in [1.165, 1.54) is 0 Å². The van der Waals surface area contributed by atoms with E-state index in [1.54, 1.807) is 11.3 Å². The van der Waals surface area contributed by atoms with Gasteiger partial charge in [0.15, 0.2) is 0 Å². The van der Waals surface area contributed by atoms with Crippen LogP contribution in [-0.4, -0.2) is 0 Å². The van der Waals surface area contributed by atoms with Crippen LogP contribution in [0.1, 0.15) is 0 Å². The quantitative estimate of drug-likeness (QED) is 0.679. The van der Waals surface area contributed by atoms with Crippen LogP contribution >= 0.6 is 11.3 Å². The van der Waals surface area contributed by atoms with E-state index >= 15 is 0 Å². The minimum Gasteiger partial charge on any atom is -0.399 e. The summed E-state index contributed by atoms with van der Waals surface area (Å²) in [6.07, 6.45) is 0. The van der Waals surface area contributed by atoms with Gasteiger partial charge in [-0.1, -0.05) is 12.1 Å². The zero-order chi connectivity index (χ0) is 9.26. The summed E-state index contributed by atoms with van der Waals surface area (Å²) in [5.41, 5.74) is 14.4. The SMILES string of the molecule is Nc1cccc(-c2ccsc2N)c1. The van der Waals surface area contributed by atoms with Gasteiger partial charge in [-0.25, -0.2) is 0 Å². The van der Waals surface area contributed by atoms with E-state index in [1.807, 2.05) is 35.7 Å².